The van der Waals surface area contributed by atoms with Gasteiger partial charge in [-0.3, -0.25) is 0 Å². The third kappa shape index (κ3) is 2.78. The Morgan fingerprint density at radius 3 is 2.76 bits per heavy atom. The molecule has 0 fully saturated rings. The van der Waals surface area contributed by atoms with Gasteiger partial charge in [0.15, 0.2) is 5.06 Å². The fourth-order valence-electron chi connectivity index (χ4n) is 1.29. The van der Waals surface area contributed by atoms with Crippen LogP contribution in [-0.2, 0) is 0 Å². The van der Waals surface area contributed by atoms with Crippen LogP contribution in [0.15, 0.2) is 30.3 Å². The largest absolute Gasteiger partial charge is 0.477 e. The molecule has 0 aliphatic rings. The number of aryl methyl sites for hydroxylation is 1. The van der Waals surface area contributed by atoms with Crippen LogP contribution in [0.3, 0.4) is 0 Å². The van der Waals surface area contributed by atoms with Crippen molar-refractivity contribution in [2.24, 2.45) is 0 Å². The van der Waals surface area contributed by atoms with Gasteiger partial charge in [0.05, 0.1) is 5.02 Å². The standard InChI is InChI=1S/C12H9ClO3S/c1-7-2-3-8(13)9(6-7)16-11-5-4-10(17-11)12(14)15/h2-6H,1H3,(H,14,15). The molecular weight excluding hydrogens is 260 g/mol. The molecule has 0 radical (unpaired) electrons. The van der Waals surface area contributed by atoms with Crippen LogP contribution in [0.4, 0.5) is 0 Å². The van der Waals surface area contributed by atoms with Crippen molar-refractivity contribution in [3.63, 3.8) is 0 Å². The topological polar surface area (TPSA) is 46.5 Å². The van der Waals surface area contributed by atoms with Gasteiger partial charge in [0.1, 0.15) is 10.6 Å². The van der Waals surface area contributed by atoms with E-state index in [1.54, 1.807) is 12.1 Å². The van der Waals surface area contributed by atoms with E-state index >= 15 is 0 Å². The average Bonchev–Trinajstić information content (AvgIpc) is 2.72. The summed E-state index contributed by atoms with van der Waals surface area (Å²) in [7, 11) is 0. The van der Waals surface area contributed by atoms with Crippen molar-refractivity contribution in [1.29, 1.82) is 0 Å². The maximum absolute atomic E-state index is 10.7. The Balaban J connectivity index is 2.25. The molecule has 2 rings (SSSR count). The van der Waals surface area contributed by atoms with Crippen LogP contribution in [-0.4, -0.2) is 11.1 Å². The van der Waals surface area contributed by atoms with Gasteiger partial charge in [0.25, 0.3) is 0 Å². The van der Waals surface area contributed by atoms with E-state index in [0.29, 0.717) is 15.8 Å². The van der Waals surface area contributed by atoms with E-state index in [9.17, 15) is 4.79 Å². The molecule has 1 heterocycles. The quantitative estimate of drug-likeness (QED) is 0.907. The van der Waals surface area contributed by atoms with Crippen molar-refractivity contribution in [1.82, 2.24) is 0 Å². The number of aromatic carboxylic acids is 1. The number of rotatable bonds is 3. The summed E-state index contributed by atoms with van der Waals surface area (Å²) in [6.45, 7) is 1.93. The molecule has 0 spiro atoms. The third-order valence-electron chi connectivity index (χ3n) is 2.09. The van der Waals surface area contributed by atoms with E-state index in [1.165, 1.54) is 6.07 Å². The molecule has 0 aliphatic heterocycles. The monoisotopic (exact) mass is 268 g/mol. The summed E-state index contributed by atoms with van der Waals surface area (Å²) in [6, 6.07) is 8.56. The predicted molar refractivity (Wildman–Crippen MR) is 67.5 cm³/mol. The van der Waals surface area contributed by atoms with Crippen molar-refractivity contribution in [3.8, 4) is 10.8 Å². The van der Waals surface area contributed by atoms with Crippen LogP contribution in [0, 0.1) is 6.92 Å². The molecular formula is C12H9ClO3S. The van der Waals surface area contributed by atoms with Crippen molar-refractivity contribution >= 4 is 28.9 Å². The van der Waals surface area contributed by atoms with Crippen LogP contribution in [0.25, 0.3) is 0 Å². The molecule has 1 aromatic heterocycles. The Kier molecular flexibility index (Phi) is 3.36. The lowest BCUT2D eigenvalue weighted by atomic mass is 10.2. The Labute approximate surface area is 107 Å². The number of benzene rings is 1. The number of ether oxygens (including phenoxy) is 1. The number of halogens is 1. The van der Waals surface area contributed by atoms with Gasteiger partial charge in [-0.2, -0.15) is 0 Å². The van der Waals surface area contributed by atoms with Crippen molar-refractivity contribution in [2.45, 2.75) is 6.92 Å². The molecule has 1 aromatic carbocycles. The van der Waals surface area contributed by atoms with E-state index < -0.39 is 5.97 Å². The first-order valence-corrected chi connectivity index (χ1v) is 6.03. The second kappa shape index (κ2) is 4.77. The highest BCUT2D eigenvalue weighted by Gasteiger charge is 2.09. The van der Waals surface area contributed by atoms with E-state index in [0.717, 1.165) is 16.9 Å². The lowest BCUT2D eigenvalue weighted by Crippen LogP contribution is -1.89. The zero-order valence-electron chi connectivity index (χ0n) is 8.94. The minimum atomic E-state index is -0.958. The summed E-state index contributed by atoms with van der Waals surface area (Å²) >= 11 is 7.05. The van der Waals surface area contributed by atoms with Crippen LogP contribution in [0.5, 0.6) is 10.8 Å². The molecule has 2 aromatic rings. The summed E-state index contributed by atoms with van der Waals surface area (Å²) < 4.78 is 5.54. The van der Waals surface area contributed by atoms with Gasteiger partial charge < -0.3 is 9.84 Å². The molecule has 0 saturated heterocycles. The zero-order chi connectivity index (χ0) is 12.4. The Morgan fingerprint density at radius 2 is 2.12 bits per heavy atom. The van der Waals surface area contributed by atoms with E-state index in [1.807, 2.05) is 19.1 Å². The molecule has 0 amide bonds. The summed E-state index contributed by atoms with van der Waals surface area (Å²) in [5, 5.41) is 9.80. The summed E-state index contributed by atoms with van der Waals surface area (Å²) in [4.78, 5) is 11.0. The predicted octanol–water partition coefficient (Wildman–Crippen LogP) is 4.20. The Hall–Kier alpha value is -1.52. The normalized spacial score (nSPS) is 10.2. The van der Waals surface area contributed by atoms with Gasteiger partial charge in [0.2, 0.25) is 0 Å². The van der Waals surface area contributed by atoms with E-state index in [-0.39, 0.29) is 4.88 Å². The van der Waals surface area contributed by atoms with Crippen molar-refractivity contribution < 1.29 is 14.6 Å². The molecule has 17 heavy (non-hydrogen) atoms. The SMILES string of the molecule is Cc1ccc(Cl)c(Oc2ccc(C(=O)O)s2)c1. The van der Waals surface area contributed by atoms with Gasteiger partial charge in [0, 0.05) is 0 Å². The van der Waals surface area contributed by atoms with Gasteiger partial charge >= 0.3 is 5.97 Å². The number of carbonyl (C=O) groups is 1. The maximum atomic E-state index is 10.7. The first kappa shape index (κ1) is 12.0. The fourth-order valence-corrected chi connectivity index (χ4v) is 2.15. The van der Waals surface area contributed by atoms with E-state index in [2.05, 4.69) is 0 Å². The number of carboxylic acid groups (broad SMARTS) is 1. The minimum absolute atomic E-state index is 0.240. The van der Waals surface area contributed by atoms with Crippen molar-refractivity contribution in [3.05, 3.63) is 45.8 Å². The number of carboxylic acids is 1. The fraction of sp³-hybridized carbons (Fsp3) is 0.0833. The molecule has 0 bridgehead atoms. The maximum Gasteiger partial charge on any atom is 0.345 e. The van der Waals surface area contributed by atoms with Gasteiger partial charge in [-0.05, 0) is 36.8 Å². The molecule has 0 unspecified atom stereocenters. The number of hydrogen-bond acceptors (Lipinski definition) is 3. The first-order chi connectivity index (χ1) is 8.06. The van der Waals surface area contributed by atoms with Crippen LogP contribution in [0.2, 0.25) is 5.02 Å². The minimum Gasteiger partial charge on any atom is -0.477 e. The second-order valence-electron chi connectivity index (χ2n) is 3.46. The lowest BCUT2D eigenvalue weighted by Gasteiger charge is -2.05. The highest BCUT2D eigenvalue weighted by atomic mass is 35.5. The summed E-state index contributed by atoms with van der Waals surface area (Å²) in [6.07, 6.45) is 0. The first-order valence-electron chi connectivity index (χ1n) is 4.83. The number of hydrogen-bond donors (Lipinski definition) is 1. The molecule has 3 nitrogen and oxygen atoms in total. The Bertz CT molecular complexity index is 563. The number of thiophene rings is 1. The highest BCUT2D eigenvalue weighted by molar-refractivity contribution is 7.15. The van der Waals surface area contributed by atoms with Crippen LogP contribution >= 0.6 is 22.9 Å². The average molecular weight is 269 g/mol. The third-order valence-corrected chi connectivity index (χ3v) is 3.35. The van der Waals surface area contributed by atoms with Crippen LogP contribution < -0.4 is 4.74 Å². The lowest BCUT2D eigenvalue weighted by molar-refractivity contribution is 0.0702. The van der Waals surface area contributed by atoms with Crippen LogP contribution in [0.1, 0.15) is 15.2 Å². The van der Waals surface area contributed by atoms with E-state index in [4.69, 9.17) is 21.4 Å². The molecule has 0 atom stereocenters. The molecule has 88 valence electrons. The summed E-state index contributed by atoms with van der Waals surface area (Å²) in [5.41, 5.74) is 1.03. The molecule has 0 aliphatic carbocycles. The van der Waals surface area contributed by atoms with Gasteiger partial charge in [-0.25, -0.2) is 4.79 Å². The molecule has 1 N–H and O–H groups in total. The zero-order valence-corrected chi connectivity index (χ0v) is 10.5. The van der Waals surface area contributed by atoms with Crippen molar-refractivity contribution in [2.75, 3.05) is 0 Å². The van der Waals surface area contributed by atoms with Gasteiger partial charge in [-0.1, -0.05) is 29.0 Å². The van der Waals surface area contributed by atoms with Gasteiger partial charge in [-0.15, -0.1) is 0 Å². The molecule has 5 heteroatoms. The second-order valence-corrected chi connectivity index (χ2v) is 4.91. The molecule has 0 saturated carbocycles. The highest BCUT2D eigenvalue weighted by Crippen LogP contribution is 2.34. The Morgan fingerprint density at radius 1 is 1.35 bits per heavy atom. The smallest absolute Gasteiger partial charge is 0.345 e. The summed E-state index contributed by atoms with van der Waals surface area (Å²) in [5.74, 6) is -0.425.